The summed E-state index contributed by atoms with van der Waals surface area (Å²) in [6.45, 7) is 6.67. The lowest BCUT2D eigenvalue weighted by Gasteiger charge is -2.20. The number of aliphatic carboxylic acids is 1. The summed E-state index contributed by atoms with van der Waals surface area (Å²) >= 11 is 0. The lowest BCUT2D eigenvalue weighted by molar-refractivity contribution is -0.143. The Morgan fingerprint density at radius 2 is 0.962 bits per heavy atom. The van der Waals surface area contributed by atoms with Crippen LogP contribution in [0.15, 0.2) is 0 Å². The maximum atomic E-state index is 11.6. The van der Waals surface area contributed by atoms with E-state index in [9.17, 15) is 9.90 Å². The standard InChI is InChI=1S/C24H48O2/c1-4-6-8-10-12-13-15-17-19-21-23(24(25)26)22(3)20-18-16-14-11-9-7-5-2/h22-23H,4-21H2,1-3H3,(H,25,26). The Kier molecular flexibility index (Phi) is 18.8. The van der Waals surface area contributed by atoms with Gasteiger partial charge in [0, 0.05) is 0 Å². The van der Waals surface area contributed by atoms with E-state index in [2.05, 4.69) is 20.8 Å². The van der Waals surface area contributed by atoms with E-state index >= 15 is 0 Å². The van der Waals surface area contributed by atoms with Gasteiger partial charge in [-0.1, -0.05) is 124 Å². The molecule has 2 atom stereocenters. The first kappa shape index (κ1) is 25.5. The summed E-state index contributed by atoms with van der Waals surface area (Å²) in [4.78, 5) is 11.6. The topological polar surface area (TPSA) is 37.3 Å². The van der Waals surface area contributed by atoms with Crippen LogP contribution in [0.5, 0.6) is 0 Å². The molecule has 0 aromatic rings. The molecule has 0 aliphatic rings. The van der Waals surface area contributed by atoms with Crippen LogP contribution < -0.4 is 0 Å². The first-order valence-corrected chi connectivity index (χ1v) is 11.9. The van der Waals surface area contributed by atoms with E-state index in [1.54, 1.807) is 0 Å². The third-order valence-corrected chi connectivity index (χ3v) is 5.89. The molecule has 0 fully saturated rings. The van der Waals surface area contributed by atoms with Gasteiger partial charge in [0.05, 0.1) is 5.92 Å². The largest absolute Gasteiger partial charge is 0.481 e. The lowest BCUT2D eigenvalue weighted by atomic mass is 9.85. The van der Waals surface area contributed by atoms with Gasteiger partial charge in [0.1, 0.15) is 0 Å². The van der Waals surface area contributed by atoms with Gasteiger partial charge in [0.25, 0.3) is 0 Å². The maximum Gasteiger partial charge on any atom is 0.306 e. The molecule has 2 heteroatoms. The molecule has 0 bridgehead atoms. The number of carboxylic acids is 1. The molecular weight excluding hydrogens is 320 g/mol. The molecule has 1 N–H and O–H groups in total. The molecule has 0 saturated carbocycles. The van der Waals surface area contributed by atoms with Crippen molar-refractivity contribution in [2.24, 2.45) is 11.8 Å². The van der Waals surface area contributed by atoms with Crippen LogP contribution in [-0.2, 0) is 4.79 Å². The molecule has 2 nitrogen and oxygen atoms in total. The summed E-state index contributed by atoms with van der Waals surface area (Å²) in [7, 11) is 0. The quantitative estimate of drug-likeness (QED) is 0.219. The van der Waals surface area contributed by atoms with Crippen molar-refractivity contribution in [2.75, 3.05) is 0 Å². The molecule has 0 aromatic carbocycles. The SMILES string of the molecule is CCCCCCCCCCCC(C(=O)O)C(C)CCCCCCCCC. The van der Waals surface area contributed by atoms with Crippen LogP contribution in [0.25, 0.3) is 0 Å². The van der Waals surface area contributed by atoms with E-state index in [1.165, 1.54) is 96.3 Å². The number of carbonyl (C=O) groups is 1. The van der Waals surface area contributed by atoms with E-state index in [4.69, 9.17) is 0 Å². The van der Waals surface area contributed by atoms with Crippen molar-refractivity contribution in [1.82, 2.24) is 0 Å². The zero-order chi connectivity index (χ0) is 19.5. The number of hydrogen-bond acceptors (Lipinski definition) is 1. The minimum Gasteiger partial charge on any atom is -0.481 e. The zero-order valence-corrected chi connectivity index (χ0v) is 18.2. The van der Waals surface area contributed by atoms with Gasteiger partial charge < -0.3 is 5.11 Å². The monoisotopic (exact) mass is 368 g/mol. The van der Waals surface area contributed by atoms with Crippen molar-refractivity contribution in [2.45, 2.75) is 136 Å². The van der Waals surface area contributed by atoms with Gasteiger partial charge in [0.2, 0.25) is 0 Å². The highest BCUT2D eigenvalue weighted by atomic mass is 16.4. The van der Waals surface area contributed by atoms with Crippen LogP contribution in [0.1, 0.15) is 136 Å². The third kappa shape index (κ3) is 15.7. The van der Waals surface area contributed by atoms with E-state index in [-0.39, 0.29) is 5.92 Å². The van der Waals surface area contributed by atoms with E-state index in [0.717, 1.165) is 19.3 Å². The normalized spacial score (nSPS) is 13.7. The predicted molar refractivity (Wildman–Crippen MR) is 115 cm³/mol. The number of hydrogen-bond donors (Lipinski definition) is 1. The molecular formula is C24H48O2. The summed E-state index contributed by atoms with van der Waals surface area (Å²) in [6, 6.07) is 0. The number of unbranched alkanes of at least 4 members (excludes halogenated alkanes) is 14. The molecule has 0 spiro atoms. The first-order valence-electron chi connectivity index (χ1n) is 11.9. The van der Waals surface area contributed by atoms with Crippen molar-refractivity contribution < 1.29 is 9.90 Å². The highest BCUT2D eigenvalue weighted by Crippen LogP contribution is 2.25. The summed E-state index contributed by atoms with van der Waals surface area (Å²) < 4.78 is 0. The number of carboxylic acid groups (broad SMARTS) is 1. The van der Waals surface area contributed by atoms with Crippen LogP contribution in [0.2, 0.25) is 0 Å². The molecule has 156 valence electrons. The Bertz CT molecular complexity index is 301. The van der Waals surface area contributed by atoms with Crippen LogP contribution in [0.3, 0.4) is 0 Å². The molecule has 0 heterocycles. The Morgan fingerprint density at radius 1 is 0.615 bits per heavy atom. The third-order valence-electron chi connectivity index (χ3n) is 5.89. The molecule has 2 unspecified atom stereocenters. The van der Waals surface area contributed by atoms with Crippen molar-refractivity contribution in [3.8, 4) is 0 Å². The van der Waals surface area contributed by atoms with E-state index in [1.807, 2.05) is 0 Å². The Morgan fingerprint density at radius 3 is 1.35 bits per heavy atom. The Hall–Kier alpha value is -0.530. The van der Waals surface area contributed by atoms with Crippen molar-refractivity contribution in [3.63, 3.8) is 0 Å². The zero-order valence-electron chi connectivity index (χ0n) is 18.2. The van der Waals surface area contributed by atoms with Crippen LogP contribution in [0, 0.1) is 11.8 Å². The average molecular weight is 369 g/mol. The maximum absolute atomic E-state index is 11.6. The molecule has 0 aliphatic heterocycles. The summed E-state index contributed by atoms with van der Waals surface area (Å²) in [5, 5.41) is 9.57. The molecule has 0 saturated heterocycles. The molecule has 0 radical (unpaired) electrons. The van der Waals surface area contributed by atoms with E-state index in [0.29, 0.717) is 5.92 Å². The van der Waals surface area contributed by atoms with Crippen molar-refractivity contribution in [3.05, 3.63) is 0 Å². The minimum atomic E-state index is -0.569. The Balaban J connectivity index is 3.69. The van der Waals surface area contributed by atoms with Gasteiger partial charge in [-0.25, -0.2) is 0 Å². The summed E-state index contributed by atoms with van der Waals surface area (Å²) in [5.74, 6) is -0.364. The second-order valence-corrected chi connectivity index (χ2v) is 8.45. The van der Waals surface area contributed by atoms with Gasteiger partial charge in [-0.05, 0) is 18.8 Å². The molecule has 0 aliphatic carbocycles. The minimum absolute atomic E-state index is 0.125. The molecule has 0 aromatic heterocycles. The lowest BCUT2D eigenvalue weighted by Crippen LogP contribution is -2.21. The second-order valence-electron chi connectivity index (χ2n) is 8.45. The van der Waals surface area contributed by atoms with Crippen LogP contribution in [0.4, 0.5) is 0 Å². The average Bonchev–Trinajstić information content (AvgIpc) is 2.62. The smallest absolute Gasteiger partial charge is 0.306 e. The Labute approximate surface area is 164 Å². The highest BCUT2D eigenvalue weighted by molar-refractivity contribution is 5.70. The fraction of sp³-hybridized carbons (Fsp3) is 0.958. The molecule has 0 rings (SSSR count). The predicted octanol–water partition coefficient (Wildman–Crippen LogP) is 8.38. The van der Waals surface area contributed by atoms with Gasteiger partial charge in [-0.3, -0.25) is 4.79 Å². The van der Waals surface area contributed by atoms with Gasteiger partial charge in [-0.2, -0.15) is 0 Å². The highest BCUT2D eigenvalue weighted by Gasteiger charge is 2.23. The van der Waals surface area contributed by atoms with Gasteiger partial charge >= 0.3 is 5.97 Å². The first-order chi connectivity index (χ1) is 12.6. The van der Waals surface area contributed by atoms with E-state index < -0.39 is 5.97 Å². The second kappa shape index (κ2) is 19.2. The van der Waals surface area contributed by atoms with Crippen LogP contribution >= 0.6 is 0 Å². The van der Waals surface area contributed by atoms with Crippen molar-refractivity contribution in [1.29, 1.82) is 0 Å². The van der Waals surface area contributed by atoms with Crippen LogP contribution in [-0.4, -0.2) is 11.1 Å². The van der Waals surface area contributed by atoms with Gasteiger partial charge in [-0.15, -0.1) is 0 Å². The summed E-state index contributed by atoms with van der Waals surface area (Å²) in [6.07, 6.45) is 22.9. The fourth-order valence-electron chi connectivity index (χ4n) is 3.95. The molecule has 26 heavy (non-hydrogen) atoms. The fourth-order valence-corrected chi connectivity index (χ4v) is 3.95. The summed E-state index contributed by atoms with van der Waals surface area (Å²) in [5.41, 5.74) is 0. The number of rotatable bonds is 20. The van der Waals surface area contributed by atoms with Crippen molar-refractivity contribution >= 4 is 5.97 Å². The van der Waals surface area contributed by atoms with Gasteiger partial charge in [0.15, 0.2) is 0 Å². The molecule has 0 amide bonds.